The maximum atomic E-state index is 13.4. The van der Waals surface area contributed by atoms with E-state index in [1.807, 2.05) is 29.2 Å². The molecule has 1 saturated carbocycles. The number of carbonyl (C=O) groups excluding carboxylic acids is 2. The monoisotopic (exact) mass is 388 g/mol. The Kier molecular flexibility index (Phi) is 4.86. The highest BCUT2D eigenvalue weighted by atomic mass is 16.2. The van der Waals surface area contributed by atoms with Crippen molar-refractivity contribution >= 4 is 17.5 Å². The van der Waals surface area contributed by atoms with Gasteiger partial charge in [-0.15, -0.1) is 0 Å². The topological polar surface area (TPSA) is 40.6 Å². The Balaban J connectivity index is 1.33. The van der Waals surface area contributed by atoms with Crippen LogP contribution < -0.4 is 4.90 Å². The van der Waals surface area contributed by atoms with Crippen molar-refractivity contribution in [3.05, 3.63) is 65.2 Å². The molecule has 5 rings (SSSR count). The Morgan fingerprint density at radius 2 is 1.76 bits per heavy atom. The molecule has 2 fully saturated rings. The molecule has 4 heteroatoms. The number of benzene rings is 2. The largest absolute Gasteiger partial charge is 0.332 e. The van der Waals surface area contributed by atoms with Gasteiger partial charge in [0.25, 0.3) is 0 Å². The molecule has 1 heterocycles. The van der Waals surface area contributed by atoms with Gasteiger partial charge in [-0.3, -0.25) is 9.59 Å². The molecule has 29 heavy (non-hydrogen) atoms. The predicted molar refractivity (Wildman–Crippen MR) is 114 cm³/mol. The van der Waals surface area contributed by atoms with Gasteiger partial charge < -0.3 is 9.80 Å². The zero-order chi connectivity index (χ0) is 19.8. The number of fused-ring (bicyclic) bond motifs is 1. The van der Waals surface area contributed by atoms with Crippen molar-refractivity contribution < 1.29 is 9.59 Å². The number of anilines is 1. The molecule has 1 atom stereocenters. The minimum absolute atomic E-state index is 0.199. The zero-order valence-corrected chi connectivity index (χ0v) is 16.8. The molecular weight excluding hydrogens is 360 g/mol. The van der Waals surface area contributed by atoms with Crippen molar-refractivity contribution in [1.82, 2.24) is 4.90 Å². The van der Waals surface area contributed by atoms with E-state index in [1.165, 1.54) is 11.1 Å². The molecule has 0 radical (unpaired) electrons. The van der Waals surface area contributed by atoms with Crippen LogP contribution in [0.2, 0.25) is 0 Å². The van der Waals surface area contributed by atoms with Crippen LogP contribution in [0.5, 0.6) is 0 Å². The van der Waals surface area contributed by atoms with Gasteiger partial charge in [-0.25, -0.2) is 0 Å². The van der Waals surface area contributed by atoms with Crippen molar-refractivity contribution in [2.45, 2.75) is 63.5 Å². The predicted octanol–water partition coefficient (Wildman–Crippen LogP) is 4.42. The highest BCUT2D eigenvalue weighted by molar-refractivity contribution is 5.95. The maximum Gasteiger partial charge on any atom is 0.227 e. The Hall–Kier alpha value is -2.62. The van der Waals surface area contributed by atoms with Crippen LogP contribution in [0, 0.1) is 0 Å². The van der Waals surface area contributed by atoms with E-state index in [-0.39, 0.29) is 17.9 Å². The first-order valence-corrected chi connectivity index (χ1v) is 11.0. The minimum Gasteiger partial charge on any atom is -0.332 e. The van der Waals surface area contributed by atoms with Crippen LogP contribution in [-0.2, 0) is 22.4 Å². The van der Waals surface area contributed by atoms with Gasteiger partial charge in [0.2, 0.25) is 11.8 Å². The summed E-state index contributed by atoms with van der Waals surface area (Å²) in [6.45, 7) is 0.799. The number of hydrogen-bond donors (Lipinski definition) is 0. The molecule has 0 N–H and O–H groups in total. The third-order valence-electron chi connectivity index (χ3n) is 6.58. The van der Waals surface area contributed by atoms with E-state index in [1.54, 1.807) is 0 Å². The van der Waals surface area contributed by atoms with Gasteiger partial charge in [-0.1, -0.05) is 36.4 Å². The molecule has 3 aliphatic rings. The molecule has 2 aromatic rings. The maximum absolute atomic E-state index is 13.4. The summed E-state index contributed by atoms with van der Waals surface area (Å²) in [6.07, 6.45) is 7.59. The van der Waals surface area contributed by atoms with E-state index >= 15 is 0 Å². The molecule has 1 saturated heterocycles. The van der Waals surface area contributed by atoms with Gasteiger partial charge in [-0.05, 0) is 67.3 Å². The smallest absolute Gasteiger partial charge is 0.227 e. The second-order valence-corrected chi connectivity index (χ2v) is 8.63. The fourth-order valence-corrected chi connectivity index (χ4v) is 4.98. The summed E-state index contributed by atoms with van der Waals surface area (Å²) < 4.78 is 0. The van der Waals surface area contributed by atoms with Crippen molar-refractivity contribution in [2.75, 3.05) is 11.4 Å². The van der Waals surface area contributed by atoms with Gasteiger partial charge in [0, 0.05) is 24.7 Å². The third kappa shape index (κ3) is 3.68. The highest BCUT2D eigenvalue weighted by Crippen LogP contribution is 2.41. The number of rotatable bonds is 5. The summed E-state index contributed by atoms with van der Waals surface area (Å²) in [5, 5.41) is 0. The number of amides is 2. The van der Waals surface area contributed by atoms with Crippen LogP contribution in [0.15, 0.2) is 48.5 Å². The summed E-state index contributed by atoms with van der Waals surface area (Å²) in [6, 6.07) is 17.3. The summed E-state index contributed by atoms with van der Waals surface area (Å²) >= 11 is 0. The van der Waals surface area contributed by atoms with Crippen LogP contribution in [0.1, 0.15) is 61.3 Å². The first kappa shape index (κ1) is 18.4. The Bertz CT molecular complexity index is 917. The van der Waals surface area contributed by atoms with Gasteiger partial charge >= 0.3 is 0 Å². The van der Waals surface area contributed by atoms with E-state index in [0.29, 0.717) is 18.9 Å². The number of carbonyl (C=O) groups is 2. The molecule has 0 aromatic heterocycles. The van der Waals surface area contributed by atoms with E-state index in [0.717, 1.165) is 56.3 Å². The SMILES string of the molecule is O=C1CCCN1c1ccc(CC(=O)N(C2CC2)C2CCCc3ccccc32)cc1. The molecule has 1 unspecified atom stereocenters. The standard InChI is InChI=1S/C25H28N2O2/c28-24-9-4-16-26(24)20-12-10-18(11-13-20)17-25(29)27(21-14-15-21)23-8-3-6-19-5-1-2-7-22(19)23/h1-2,5,7,10-13,21,23H,3-4,6,8-9,14-17H2. The second kappa shape index (κ2) is 7.66. The zero-order valence-electron chi connectivity index (χ0n) is 16.8. The average Bonchev–Trinajstić information content (AvgIpc) is 3.48. The first-order valence-electron chi connectivity index (χ1n) is 11.0. The van der Waals surface area contributed by atoms with Crippen molar-refractivity contribution in [3.8, 4) is 0 Å². The molecule has 2 aromatic carbocycles. The van der Waals surface area contributed by atoms with Gasteiger partial charge in [0.05, 0.1) is 12.5 Å². The lowest BCUT2D eigenvalue weighted by atomic mass is 9.86. The molecule has 0 bridgehead atoms. The van der Waals surface area contributed by atoms with Crippen molar-refractivity contribution in [3.63, 3.8) is 0 Å². The summed E-state index contributed by atoms with van der Waals surface area (Å²) in [5.74, 6) is 0.434. The minimum atomic E-state index is 0.199. The lowest BCUT2D eigenvalue weighted by molar-refractivity contribution is -0.134. The highest BCUT2D eigenvalue weighted by Gasteiger charge is 2.39. The Morgan fingerprint density at radius 3 is 2.48 bits per heavy atom. The van der Waals surface area contributed by atoms with E-state index in [2.05, 4.69) is 29.2 Å². The normalized spacial score (nSPS) is 21.2. The van der Waals surface area contributed by atoms with E-state index in [4.69, 9.17) is 0 Å². The molecule has 150 valence electrons. The lowest BCUT2D eigenvalue weighted by Crippen LogP contribution is -2.39. The summed E-state index contributed by atoms with van der Waals surface area (Å²) in [7, 11) is 0. The van der Waals surface area contributed by atoms with Crippen LogP contribution in [0.3, 0.4) is 0 Å². The lowest BCUT2D eigenvalue weighted by Gasteiger charge is -2.36. The molecule has 4 nitrogen and oxygen atoms in total. The Labute approximate surface area is 172 Å². The number of aryl methyl sites for hydroxylation is 1. The molecule has 0 spiro atoms. The van der Waals surface area contributed by atoms with Crippen LogP contribution in [-0.4, -0.2) is 29.3 Å². The van der Waals surface area contributed by atoms with Crippen molar-refractivity contribution in [1.29, 1.82) is 0 Å². The van der Waals surface area contributed by atoms with Crippen LogP contribution in [0.25, 0.3) is 0 Å². The fourth-order valence-electron chi connectivity index (χ4n) is 4.98. The van der Waals surface area contributed by atoms with Gasteiger partial charge in [0.1, 0.15) is 0 Å². The average molecular weight is 389 g/mol. The van der Waals surface area contributed by atoms with Gasteiger partial charge in [-0.2, -0.15) is 0 Å². The molecule has 1 aliphatic heterocycles. The van der Waals surface area contributed by atoms with Crippen LogP contribution in [0.4, 0.5) is 5.69 Å². The van der Waals surface area contributed by atoms with Crippen LogP contribution >= 0.6 is 0 Å². The number of nitrogens with zero attached hydrogens (tertiary/aromatic N) is 2. The fraction of sp³-hybridized carbons (Fsp3) is 0.440. The molecule has 2 aliphatic carbocycles. The van der Waals surface area contributed by atoms with Crippen molar-refractivity contribution in [2.24, 2.45) is 0 Å². The summed E-state index contributed by atoms with van der Waals surface area (Å²) in [4.78, 5) is 29.3. The first-order chi connectivity index (χ1) is 14.2. The molecule has 2 amide bonds. The van der Waals surface area contributed by atoms with Gasteiger partial charge in [0.15, 0.2) is 0 Å². The Morgan fingerprint density at radius 1 is 0.966 bits per heavy atom. The van der Waals surface area contributed by atoms with E-state index in [9.17, 15) is 9.59 Å². The third-order valence-corrected chi connectivity index (χ3v) is 6.58. The quantitative estimate of drug-likeness (QED) is 0.761. The second-order valence-electron chi connectivity index (χ2n) is 8.63. The number of hydrogen-bond acceptors (Lipinski definition) is 2. The molecular formula is C25H28N2O2. The summed E-state index contributed by atoms with van der Waals surface area (Å²) in [5.41, 5.74) is 4.73. The van der Waals surface area contributed by atoms with E-state index < -0.39 is 0 Å².